The van der Waals surface area contributed by atoms with Gasteiger partial charge < -0.3 is 9.80 Å². The van der Waals surface area contributed by atoms with Gasteiger partial charge in [0.05, 0.1) is 15.1 Å². The predicted molar refractivity (Wildman–Crippen MR) is 39.5 cm³/mol. The molecule has 0 aliphatic carbocycles. The van der Waals surface area contributed by atoms with E-state index >= 15 is 0 Å². The maximum Gasteiger partial charge on any atom is 0.0887 e. The molecule has 2 nitrogen and oxygen atoms in total. The molecule has 1 rings (SSSR count). The summed E-state index contributed by atoms with van der Waals surface area (Å²) in [6.45, 7) is 1.03. The lowest BCUT2D eigenvalue weighted by Crippen LogP contribution is -2.17. The molecule has 0 fully saturated rings. The van der Waals surface area contributed by atoms with Crippen LogP contribution in [0.4, 0.5) is 0 Å². The van der Waals surface area contributed by atoms with Crippen LogP contribution >= 0.6 is 0 Å². The van der Waals surface area contributed by atoms with E-state index in [1.807, 2.05) is 0 Å². The van der Waals surface area contributed by atoms with E-state index in [9.17, 15) is 0 Å². The second kappa shape index (κ2) is 2.65. The maximum atomic E-state index is 2.12. The lowest BCUT2D eigenvalue weighted by Gasteiger charge is -2.10. The van der Waals surface area contributed by atoms with Gasteiger partial charge in [0, 0.05) is 26.5 Å². The monoisotopic (exact) mass is 112 g/mol. The summed E-state index contributed by atoms with van der Waals surface area (Å²) in [5, 5.41) is 0. The average Bonchev–Trinajstić information content (AvgIpc) is 1.87. The van der Waals surface area contributed by atoms with Crippen molar-refractivity contribution >= 4 is 8.41 Å². The molecule has 0 bridgehead atoms. The number of hydrogen-bond acceptors (Lipinski definition) is 2. The molecule has 0 radical (unpaired) electrons. The van der Waals surface area contributed by atoms with Crippen LogP contribution in [0.5, 0.6) is 0 Å². The van der Waals surface area contributed by atoms with Gasteiger partial charge in [-0.25, -0.2) is 0 Å². The van der Waals surface area contributed by atoms with Gasteiger partial charge in [-0.2, -0.15) is 0 Å². The summed E-state index contributed by atoms with van der Waals surface area (Å²) in [4.78, 5) is 4.25. The molecular weight excluding hydrogens is 98.9 g/mol. The van der Waals surface area contributed by atoms with Crippen LogP contribution in [0.1, 0.15) is 0 Å². The van der Waals surface area contributed by atoms with E-state index in [1.165, 1.54) is 0 Å². The van der Waals surface area contributed by atoms with Crippen molar-refractivity contribution in [2.45, 2.75) is 0 Å². The fourth-order valence-electron chi connectivity index (χ4n) is 0.674. The fraction of sp³-hybridized carbons (Fsp3) is 0.600. The predicted octanol–water partition coefficient (Wildman–Crippen LogP) is -0.892. The fourth-order valence-corrected chi connectivity index (χ4v) is 0.674. The Morgan fingerprint density at radius 1 is 1.12 bits per heavy atom. The van der Waals surface area contributed by atoms with Crippen LogP contribution in [-0.2, 0) is 0 Å². The van der Waals surface area contributed by atoms with Crippen molar-refractivity contribution < 1.29 is 0 Å². The van der Waals surface area contributed by atoms with Crippen molar-refractivity contribution in [3.63, 3.8) is 0 Å². The first-order chi connectivity index (χ1) is 3.29. The van der Waals surface area contributed by atoms with E-state index in [0.29, 0.717) is 0 Å². The van der Waals surface area contributed by atoms with Crippen molar-refractivity contribution in [3.05, 3.63) is 12.4 Å². The van der Waals surface area contributed by atoms with Crippen LogP contribution in [0.3, 0.4) is 0 Å². The van der Waals surface area contributed by atoms with E-state index in [2.05, 4.69) is 36.3 Å². The molecule has 0 aromatic carbocycles. The van der Waals surface area contributed by atoms with Crippen molar-refractivity contribution in [1.29, 1.82) is 0 Å². The first-order valence-corrected chi connectivity index (χ1v) is 2.38. The topological polar surface area (TPSA) is 6.48 Å². The Kier molecular flexibility index (Phi) is 2.45. The molecule has 0 saturated carbocycles. The summed E-state index contributed by atoms with van der Waals surface area (Å²) in [6.07, 6.45) is 4.11. The quantitative estimate of drug-likeness (QED) is 0.375. The van der Waals surface area contributed by atoms with Gasteiger partial charge in [-0.1, -0.05) is 0 Å². The van der Waals surface area contributed by atoms with Gasteiger partial charge in [-0.3, -0.25) is 0 Å². The Morgan fingerprint density at radius 2 is 1.50 bits per heavy atom. The molecule has 0 aromatic rings. The van der Waals surface area contributed by atoms with E-state index in [-0.39, 0.29) is 8.41 Å². The molecule has 1 aliphatic heterocycles. The highest BCUT2D eigenvalue weighted by molar-refractivity contribution is 5.75. The molecule has 0 atom stereocenters. The third kappa shape index (κ3) is 1.48. The molecule has 0 amide bonds. The summed E-state index contributed by atoms with van der Waals surface area (Å²) in [5.41, 5.74) is 0. The molecule has 0 N–H and O–H groups in total. The lowest BCUT2D eigenvalue weighted by molar-refractivity contribution is 0.340. The average molecular weight is 112 g/mol. The molecule has 8 heavy (non-hydrogen) atoms. The minimum absolute atomic E-state index is 0. The Morgan fingerprint density at radius 3 is 1.62 bits per heavy atom. The zero-order valence-corrected chi connectivity index (χ0v) is 4.76. The molecule has 0 saturated heterocycles. The standard InChI is InChI=1S/C5H10N2.BH3/c1-6-3-4-7(2)5-6;/h3-4H,5H2,1-2H3;1H3. The number of nitrogens with zero attached hydrogens (tertiary/aromatic N) is 2. The van der Waals surface area contributed by atoms with E-state index < -0.39 is 0 Å². The van der Waals surface area contributed by atoms with Gasteiger partial charge in [0.2, 0.25) is 0 Å². The first kappa shape index (κ1) is 7.40. The van der Waals surface area contributed by atoms with Gasteiger partial charge in [-0.05, 0) is 0 Å². The third-order valence-corrected chi connectivity index (χ3v) is 1.02. The largest absolute Gasteiger partial charge is 0.362 e. The van der Waals surface area contributed by atoms with Crippen molar-refractivity contribution in [2.24, 2.45) is 0 Å². The van der Waals surface area contributed by atoms with Crippen LogP contribution in [0.25, 0.3) is 0 Å². The van der Waals surface area contributed by atoms with Gasteiger partial charge in [-0.15, -0.1) is 0 Å². The molecule has 46 valence electrons. The Hall–Kier alpha value is -0.595. The molecule has 0 aromatic heterocycles. The minimum Gasteiger partial charge on any atom is -0.362 e. The Labute approximate surface area is 52.3 Å². The normalized spacial score (nSPS) is 16.8. The Balaban J connectivity index is 0.000000490. The van der Waals surface area contributed by atoms with Crippen LogP contribution in [-0.4, -0.2) is 39.0 Å². The SMILES string of the molecule is B.CN1C=CN(C)C1. The zero-order chi connectivity index (χ0) is 5.28. The van der Waals surface area contributed by atoms with Crippen LogP contribution in [0.2, 0.25) is 0 Å². The maximum absolute atomic E-state index is 2.12. The first-order valence-electron chi connectivity index (χ1n) is 2.38. The zero-order valence-electron chi connectivity index (χ0n) is 4.76. The van der Waals surface area contributed by atoms with Gasteiger partial charge in [0.1, 0.15) is 0 Å². The van der Waals surface area contributed by atoms with E-state index in [4.69, 9.17) is 0 Å². The smallest absolute Gasteiger partial charge is 0.0887 e. The van der Waals surface area contributed by atoms with Crippen LogP contribution < -0.4 is 0 Å². The van der Waals surface area contributed by atoms with Crippen molar-refractivity contribution in [3.8, 4) is 0 Å². The van der Waals surface area contributed by atoms with Crippen LogP contribution in [0.15, 0.2) is 12.4 Å². The Bertz CT molecular complexity index is 82.4. The summed E-state index contributed by atoms with van der Waals surface area (Å²) in [7, 11) is 4.11. The summed E-state index contributed by atoms with van der Waals surface area (Å²) >= 11 is 0. The van der Waals surface area contributed by atoms with Crippen LogP contribution in [0, 0.1) is 0 Å². The number of hydrogen-bond donors (Lipinski definition) is 0. The molecule has 3 heteroatoms. The third-order valence-electron chi connectivity index (χ3n) is 1.02. The van der Waals surface area contributed by atoms with Gasteiger partial charge >= 0.3 is 0 Å². The van der Waals surface area contributed by atoms with Gasteiger partial charge in [0.15, 0.2) is 0 Å². The second-order valence-corrected chi connectivity index (χ2v) is 1.95. The molecule has 1 aliphatic rings. The highest BCUT2D eigenvalue weighted by Gasteiger charge is 1.99. The molecular formula is C5H13BN2. The number of rotatable bonds is 0. The highest BCUT2D eigenvalue weighted by Crippen LogP contribution is 1.97. The molecule has 0 spiro atoms. The van der Waals surface area contributed by atoms with Gasteiger partial charge in [0.25, 0.3) is 0 Å². The second-order valence-electron chi connectivity index (χ2n) is 1.95. The summed E-state index contributed by atoms with van der Waals surface area (Å²) < 4.78 is 0. The van der Waals surface area contributed by atoms with E-state index in [1.54, 1.807) is 0 Å². The highest BCUT2D eigenvalue weighted by atomic mass is 15.3. The minimum atomic E-state index is 0. The van der Waals surface area contributed by atoms with Crippen molar-refractivity contribution in [1.82, 2.24) is 9.80 Å². The lowest BCUT2D eigenvalue weighted by atomic mass is 10.8. The summed E-state index contributed by atoms with van der Waals surface area (Å²) in [6, 6.07) is 0. The molecule has 1 heterocycles. The van der Waals surface area contributed by atoms with Crippen molar-refractivity contribution in [2.75, 3.05) is 20.8 Å². The van der Waals surface area contributed by atoms with E-state index in [0.717, 1.165) is 6.67 Å². The summed E-state index contributed by atoms with van der Waals surface area (Å²) in [5.74, 6) is 0. The molecule has 0 unspecified atom stereocenters.